The highest BCUT2D eigenvalue weighted by molar-refractivity contribution is 5.81. The minimum absolute atomic E-state index is 0.0713. The summed E-state index contributed by atoms with van der Waals surface area (Å²) in [5.41, 5.74) is 7.11. The molecule has 0 radical (unpaired) electrons. The number of nitrogens with zero attached hydrogens (tertiary/aromatic N) is 1. The number of benzene rings is 1. The predicted octanol–water partition coefficient (Wildman–Crippen LogP) is 1.57. The lowest BCUT2D eigenvalue weighted by Crippen LogP contribution is -2.09. The molecule has 0 aliphatic heterocycles. The van der Waals surface area contributed by atoms with Gasteiger partial charge in [0.1, 0.15) is 0 Å². The molecule has 2 rings (SSSR count). The second kappa shape index (κ2) is 3.46. The molecule has 0 fully saturated rings. The highest BCUT2D eigenvalue weighted by Gasteiger charge is 2.07. The highest BCUT2D eigenvalue weighted by atomic mass is 16.1. The Morgan fingerprint density at radius 1 is 1.47 bits per heavy atom. The van der Waals surface area contributed by atoms with Crippen LogP contribution >= 0.6 is 0 Å². The van der Waals surface area contributed by atoms with Crippen LogP contribution in [0.4, 0.5) is 5.69 Å². The van der Waals surface area contributed by atoms with E-state index in [1.165, 1.54) is 0 Å². The lowest BCUT2D eigenvalue weighted by molar-refractivity contribution is 0.492. The van der Waals surface area contributed by atoms with Gasteiger partial charge in [-0.25, -0.2) is 0 Å². The first-order chi connectivity index (χ1) is 7.08. The molecule has 0 saturated heterocycles. The van der Waals surface area contributed by atoms with E-state index in [-0.39, 0.29) is 5.56 Å². The zero-order valence-electron chi connectivity index (χ0n) is 8.95. The van der Waals surface area contributed by atoms with Crippen molar-refractivity contribution in [2.75, 3.05) is 5.73 Å². The topological polar surface area (TPSA) is 63.8 Å². The number of fused-ring (bicyclic) bond motifs is 1. The second-order valence-electron chi connectivity index (χ2n) is 4.22. The summed E-state index contributed by atoms with van der Waals surface area (Å²) in [6.07, 6.45) is 0. The van der Waals surface area contributed by atoms with Crippen molar-refractivity contribution in [3.63, 3.8) is 0 Å². The Morgan fingerprint density at radius 3 is 2.87 bits per heavy atom. The van der Waals surface area contributed by atoms with Crippen molar-refractivity contribution >= 4 is 16.6 Å². The first kappa shape index (κ1) is 9.83. The molecular formula is C11H15N3O. The minimum atomic E-state index is -0.0713. The van der Waals surface area contributed by atoms with Crippen LogP contribution < -0.4 is 11.3 Å². The monoisotopic (exact) mass is 205 g/mol. The van der Waals surface area contributed by atoms with Gasteiger partial charge in [-0.05, 0) is 24.1 Å². The number of hydrogen-bond donors (Lipinski definition) is 2. The predicted molar refractivity (Wildman–Crippen MR) is 61.8 cm³/mol. The molecule has 15 heavy (non-hydrogen) atoms. The summed E-state index contributed by atoms with van der Waals surface area (Å²) in [4.78, 5) is 11.6. The highest BCUT2D eigenvalue weighted by Crippen LogP contribution is 2.14. The van der Waals surface area contributed by atoms with Gasteiger partial charge in [-0.3, -0.25) is 14.6 Å². The summed E-state index contributed by atoms with van der Waals surface area (Å²) in [6.45, 7) is 5.03. The normalized spacial score (nSPS) is 11.4. The van der Waals surface area contributed by atoms with E-state index in [0.29, 0.717) is 17.0 Å². The fraction of sp³-hybridized carbons (Fsp3) is 0.364. The average molecular weight is 205 g/mol. The molecule has 1 heterocycles. The third kappa shape index (κ3) is 1.75. The number of aromatic amines is 1. The first-order valence-electron chi connectivity index (χ1n) is 5.06. The summed E-state index contributed by atoms with van der Waals surface area (Å²) in [7, 11) is 0. The van der Waals surface area contributed by atoms with Gasteiger partial charge < -0.3 is 5.73 Å². The Kier molecular flexibility index (Phi) is 2.26. The van der Waals surface area contributed by atoms with Gasteiger partial charge >= 0.3 is 0 Å². The molecule has 3 N–H and O–H groups in total. The Balaban J connectivity index is 2.63. The average Bonchev–Trinajstić information content (AvgIpc) is 2.42. The molecular weight excluding hydrogens is 190 g/mol. The summed E-state index contributed by atoms with van der Waals surface area (Å²) >= 11 is 0. The Labute approximate surface area is 87.7 Å². The molecule has 0 amide bonds. The number of nitrogens with one attached hydrogen (secondary N) is 1. The van der Waals surface area contributed by atoms with E-state index in [2.05, 4.69) is 18.9 Å². The molecule has 2 aromatic rings. The SMILES string of the molecule is CC(C)Cn1[nH]c(=O)c2cc(N)ccc21. The van der Waals surface area contributed by atoms with Gasteiger partial charge in [0, 0.05) is 12.2 Å². The molecule has 1 aromatic carbocycles. The Hall–Kier alpha value is -1.71. The zero-order valence-corrected chi connectivity index (χ0v) is 8.95. The molecule has 80 valence electrons. The van der Waals surface area contributed by atoms with Crippen molar-refractivity contribution in [1.82, 2.24) is 9.78 Å². The van der Waals surface area contributed by atoms with Crippen LogP contribution in [0.5, 0.6) is 0 Å². The van der Waals surface area contributed by atoms with E-state index in [1.54, 1.807) is 6.07 Å². The Morgan fingerprint density at radius 2 is 2.20 bits per heavy atom. The molecule has 0 unspecified atom stereocenters. The van der Waals surface area contributed by atoms with Gasteiger partial charge in [0.05, 0.1) is 10.9 Å². The largest absolute Gasteiger partial charge is 0.399 e. The van der Waals surface area contributed by atoms with Crippen molar-refractivity contribution in [3.05, 3.63) is 28.6 Å². The number of nitrogens with two attached hydrogens (primary N) is 1. The third-order valence-corrected chi connectivity index (χ3v) is 2.34. The maximum Gasteiger partial charge on any atom is 0.272 e. The van der Waals surface area contributed by atoms with Crippen LogP contribution in [-0.4, -0.2) is 9.78 Å². The molecule has 0 spiro atoms. The molecule has 1 aromatic heterocycles. The lowest BCUT2D eigenvalue weighted by Gasteiger charge is -2.06. The van der Waals surface area contributed by atoms with E-state index in [9.17, 15) is 4.79 Å². The molecule has 0 bridgehead atoms. The number of nitrogen functional groups attached to an aromatic ring is 1. The fourth-order valence-electron chi connectivity index (χ4n) is 1.72. The Bertz CT molecular complexity index is 536. The third-order valence-electron chi connectivity index (χ3n) is 2.34. The smallest absolute Gasteiger partial charge is 0.272 e. The fourth-order valence-corrected chi connectivity index (χ4v) is 1.72. The van der Waals surface area contributed by atoms with Gasteiger partial charge in [0.2, 0.25) is 0 Å². The van der Waals surface area contributed by atoms with Crippen LogP contribution in [0.3, 0.4) is 0 Å². The number of aromatic nitrogens is 2. The summed E-state index contributed by atoms with van der Waals surface area (Å²) in [5, 5.41) is 3.48. The standard InChI is InChI=1S/C11H15N3O/c1-7(2)6-14-10-4-3-8(12)5-9(10)11(15)13-14/h3-5,7H,6,12H2,1-2H3,(H,13,15). The quantitative estimate of drug-likeness (QED) is 0.731. The number of H-pyrrole nitrogens is 1. The second-order valence-corrected chi connectivity index (χ2v) is 4.22. The molecule has 4 heteroatoms. The van der Waals surface area contributed by atoms with Crippen LogP contribution in [0.25, 0.3) is 10.9 Å². The maximum atomic E-state index is 11.6. The molecule has 0 saturated carbocycles. The van der Waals surface area contributed by atoms with Gasteiger partial charge in [-0.2, -0.15) is 0 Å². The maximum absolute atomic E-state index is 11.6. The zero-order chi connectivity index (χ0) is 11.0. The van der Waals surface area contributed by atoms with Crippen LogP contribution in [0.15, 0.2) is 23.0 Å². The van der Waals surface area contributed by atoms with Crippen molar-refractivity contribution in [3.8, 4) is 0 Å². The lowest BCUT2D eigenvalue weighted by atomic mass is 10.2. The summed E-state index contributed by atoms with van der Waals surface area (Å²) < 4.78 is 1.88. The minimum Gasteiger partial charge on any atom is -0.399 e. The van der Waals surface area contributed by atoms with Crippen LogP contribution in [0.2, 0.25) is 0 Å². The van der Waals surface area contributed by atoms with Crippen LogP contribution in [-0.2, 0) is 6.54 Å². The van der Waals surface area contributed by atoms with Crippen molar-refractivity contribution in [2.24, 2.45) is 5.92 Å². The van der Waals surface area contributed by atoms with E-state index >= 15 is 0 Å². The van der Waals surface area contributed by atoms with Crippen molar-refractivity contribution in [1.29, 1.82) is 0 Å². The number of hydrogen-bond acceptors (Lipinski definition) is 2. The van der Waals surface area contributed by atoms with E-state index in [4.69, 9.17) is 5.73 Å². The molecule has 0 aliphatic rings. The summed E-state index contributed by atoms with van der Waals surface area (Å²) in [6, 6.07) is 5.41. The summed E-state index contributed by atoms with van der Waals surface area (Å²) in [5.74, 6) is 0.494. The molecule has 0 aliphatic carbocycles. The van der Waals surface area contributed by atoms with Crippen LogP contribution in [0.1, 0.15) is 13.8 Å². The first-order valence-corrected chi connectivity index (χ1v) is 5.06. The van der Waals surface area contributed by atoms with Gasteiger partial charge in [0.15, 0.2) is 0 Å². The van der Waals surface area contributed by atoms with Crippen molar-refractivity contribution < 1.29 is 0 Å². The van der Waals surface area contributed by atoms with Gasteiger partial charge in [0.25, 0.3) is 5.56 Å². The number of anilines is 1. The van der Waals surface area contributed by atoms with Crippen molar-refractivity contribution in [2.45, 2.75) is 20.4 Å². The van der Waals surface area contributed by atoms with E-state index < -0.39 is 0 Å². The molecule has 4 nitrogen and oxygen atoms in total. The van der Waals surface area contributed by atoms with Gasteiger partial charge in [-0.1, -0.05) is 13.8 Å². The van der Waals surface area contributed by atoms with Gasteiger partial charge in [-0.15, -0.1) is 0 Å². The van der Waals surface area contributed by atoms with E-state index in [1.807, 2.05) is 16.8 Å². The molecule has 0 atom stereocenters. The van der Waals surface area contributed by atoms with E-state index in [0.717, 1.165) is 12.1 Å². The number of rotatable bonds is 2. The van der Waals surface area contributed by atoms with Crippen LogP contribution in [0, 0.1) is 5.92 Å².